The van der Waals surface area contributed by atoms with Crippen LogP contribution in [-0.2, 0) is 18.9 Å². The molecule has 5 saturated carbocycles. The van der Waals surface area contributed by atoms with Gasteiger partial charge in [0.25, 0.3) is 0 Å². The highest BCUT2D eigenvalue weighted by Crippen LogP contribution is 2.87. The van der Waals surface area contributed by atoms with Gasteiger partial charge >= 0.3 is 0 Å². The highest BCUT2D eigenvalue weighted by molar-refractivity contribution is 5.29. The fourth-order valence-electron chi connectivity index (χ4n) is 12.5. The SMILES string of the molecule is CCO[C@@H](C1CCC2C(CC3C4CCC5C(C)(C)[C@@H](OC6CNCCO6)CCC56C[C@@]46CC[C@]23C)O1)C(C)(C)O.[HH]. The minimum atomic E-state index is -0.888. The Morgan fingerprint density at radius 2 is 1.80 bits per heavy atom. The molecular formula is C34H59NO5. The summed E-state index contributed by atoms with van der Waals surface area (Å²) in [6.45, 7) is 16.6. The van der Waals surface area contributed by atoms with E-state index in [0.29, 0.717) is 41.0 Å². The zero-order valence-electron chi connectivity index (χ0n) is 26.2. The molecule has 0 amide bonds. The first-order chi connectivity index (χ1) is 19.0. The van der Waals surface area contributed by atoms with Crippen LogP contribution >= 0.6 is 0 Å². The molecular weight excluding hydrogens is 502 g/mol. The Morgan fingerprint density at radius 1 is 1.00 bits per heavy atom. The van der Waals surface area contributed by atoms with Crippen molar-refractivity contribution in [1.82, 2.24) is 5.32 Å². The zero-order chi connectivity index (χ0) is 28.1. The van der Waals surface area contributed by atoms with Gasteiger partial charge in [0.1, 0.15) is 6.10 Å². The molecule has 0 radical (unpaired) electrons. The van der Waals surface area contributed by atoms with Gasteiger partial charge in [0.2, 0.25) is 0 Å². The third-order valence-corrected chi connectivity index (χ3v) is 14.1. The van der Waals surface area contributed by atoms with Crippen molar-refractivity contribution in [2.24, 2.45) is 45.3 Å². The van der Waals surface area contributed by atoms with Crippen LogP contribution in [0.3, 0.4) is 0 Å². The highest BCUT2D eigenvalue weighted by Gasteiger charge is 2.80. The lowest BCUT2D eigenvalue weighted by Gasteiger charge is -2.60. The molecule has 2 heterocycles. The van der Waals surface area contributed by atoms with E-state index in [-0.39, 0.29) is 25.3 Å². The lowest BCUT2D eigenvalue weighted by Crippen LogP contribution is -2.56. The van der Waals surface area contributed by atoms with E-state index in [0.717, 1.165) is 43.9 Å². The lowest BCUT2D eigenvalue weighted by molar-refractivity contribution is -0.232. The molecule has 230 valence electrons. The third kappa shape index (κ3) is 4.01. The van der Waals surface area contributed by atoms with Crippen LogP contribution in [0.5, 0.6) is 0 Å². The number of fused-ring (bicyclic) bond motifs is 4. The topological polar surface area (TPSA) is 69.2 Å². The number of hydrogen-bond donors (Lipinski definition) is 2. The van der Waals surface area contributed by atoms with E-state index < -0.39 is 5.60 Å². The van der Waals surface area contributed by atoms with Crippen molar-refractivity contribution in [3.05, 3.63) is 0 Å². The summed E-state index contributed by atoms with van der Waals surface area (Å²) < 4.78 is 25.7. The molecule has 7 fully saturated rings. The van der Waals surface area contributed by atoms with Crippen molar-refractivity contribution in [2.75, 3.05) is 26.3 Å². The maximum atomic E-state index is 10.9. The van der Waals surface area contributed by atoms with Crippen LogP contribution in [0, 0.1) is 45.3 Å². The molecule has 40 heavy (non-hydrogen) atoms. The summed E-state index contributed by atoms with van der Waals surface area (Å²) >= 11 is 0. The fraction of sp³-hybridized carbons (Fsp3) is 1.00. The number of aliphatic hydroxyl groups is 1. The van der Waals surface area contributed by atoms with Gasteiger partial charge in [-0.15, -0.1) is 0 Å². The number of rotatable bonds is 6. The summed E-state index contributed by atoms with van der Waals surface area (Å²) in [6.07, 6.45) is 13.3. The molecule has 12 atom stereocenters. The van der Waals surface area contributed by atoms with Crippen molar-refractivity contribution < 1.29 is 25.5 Å². The maximum absolute atomic E-state index is 10.9. The predicted molar refractivity (Wildman–Crippen MR) is 157 cm³/mol. The van der Waals surface area contributed by atoms with Crippen molar-refractivity contribution in [1.29, 1.82) is 0 Å². The number of morpholine rings is 1. The lowest BCUT2D eigenvalue weighted by atomic mass is 9.46. The van der Waals surface area contributed by atoms with Gasteiger partial charge in [-0.2, -0.15) is 0 Å². The molecule has 6 nitrogen and oxygen atoms in total. The summed E-state index contributed by atoms with van der Waals surface area (Å²) in [6, 6.07) is 0. The van der Waals surface area contributed by atoms with Gasteiger partial charge in [0.05, 0.1) is 30.5 Å². The molecule has 0 aromatic carbocycles. The van der Waals surface area contributed by atoms with Crippen LogP contribution in [0.4, 0.5) is 0 Å². The van der Waals surface area contributed by atoms with E-state index in [9.17, 15) is 5.11 Å². The summed E-state index contributed by atoms with van der Waals surface area (Å²) in [5.74, 6) is 3.05. The predicted octanol–water partition coefficient (Wildman–Crippen LogP) is 5.95. The Bertz CT molecular complexity index is 965. The van der Waals surface area contributed by atoms with Gasteiger partial charge in [0.15, 0.2) is 6.29 Å². The van der Waals surface area contributed by atoms with Crippen LogP contribution in [0.25, 0.3) is 0 Å². The molecule has 2 aliphatic heterocycles. The Labute approximate surface area is 244 Å². The van der Waals surface area contributed by atoms with Crippen LogP contribution in [0.15, 0.2) is 0 Å². The minimum absolute atomic E-state index is 0. The van der Waals surface area contributed by atoms with E-state index >= 15 is 0 Å². The Morgan fingerprint density at radius 3 is 2.52 bits per heavy atom. The highest BCUT2D eigenvalue weighted by atomic mass is 16.7. The van der Waals surface area contributed by atoms with E-state index in [4.69, 9.17) is 18.9 Å². The quantitative estimate of drug-likeness (QED) is 0.418. The first-order valence-corrected chi connectivity index (χ1v) is 16.9. The second-order valence-electron chi connectivity index (χ2n) is 16.5. The molecule has 0 bridgehead atoms. The van der Waals surface area contributed by atoms with E-state index in [1.54, 1.807) is 0 Å². The van der Waals surface area contributed by atoms with Gasteiger partial charge in [0, 0.05) is 21.1 Å². The molecule has 7 aliphatic rings. The Kier molecular flexibility index (Phi) is 6.87. The Hall–Kier alpha value is -0.240. The maximum Gasteiger partial charge on any atom is 0.170 e. The smallest absolute Gasteiger partial charge is 0.170 e. The average molecular weight is 562 g/mol. The molecule has 0 aromatic rings. The Balaban J connectivity index is 0.00000302. The van der Waals surface area contributed by atoms with Gasteiger partial charge in [-0.05, 0) is 130 Å². The second kappa shape index (κ2) is 9.63. The van der Waals surface area contributed by atoms with E-state index in [2.05, 4.69) is 26.1 Å². The van der Waals surface area contributed by atoms with Crippen molar-refractivity contribution >= 4 is 0 Å². The average Bonchev–Trinajstić information content (AvgIpc) is 3.49. The van der Waals surface area contributed by atoms with Crippen LogP contribution in [0.1, 0.15) is 107 Å². The fourth-order valence-corrected chi connectivity index (χ4v) is 12.5. The summed E-state index contributed by atoms with van der Waals surface area (Å²) in [5.41, 5.74) is 0.795. The summed E-state index contributed by atoms with van der Waals surface area (Å²) in [5, 5.41) is 14.3. The summed E-state index contributed by atoms with van der Waals surface area (Å²) in [4.78, 5) is 0. The zero-order valence-corrected chi connectivity index (χ0v) is 26.2. The summed E-state index contributed by atoms with van der Waals surface area (Å²) in [7, 11) is 0. The first-order valence-electron chi connectivity index (χ1n) is 16.9. The molecule has 5 aliphatic carbocycles. The van der Waals surface area contributed by atoms with Crippen molar-refractivity contribution in [2.45, 2.75) is 142 Å². The van der Waals surface area contributed by atoms with E-state index in [1.807, 2.05) is 20.8 Å². The minimum Gasteiger partial charge on any atom is -0.388 e. The molecule has 2 spiro atoms. The molecule has 0 aromatic heterocycles. The molecule has 8 unspecified atom stereocenters. The normalized spacial score (nSPS) is 52.0. The van der Waals surface area contributed by atoms with Gasteiger partial charge in [-0.1, -0.05) is 20.8 Å². The largest absolute Gasteiger partial charge is 0.388 e. The number of ether oxygens (including phenoxy) is 4. The van der Waals surface area contributed by atoms with Crippen LogP contribution in [0.2, 0.25) is 0 Å². The second-order valence-corrected chi connectivity index (χ2v) is 16.5. The molecule has 2 N–H and O–H groups in total. The van der Waals surface area contributed by atoms with Crippen LogP contribution in [-0.4, -0.2) is 67.7 Å². The third-order valence-electron chi connectivity index (χ3n) is 14.1. The first kappa shape index (κ1) is 28.5. The molecule has 7 rings (SSSR count). The van der Waals surface area contributed by atoms with Crippen LogP contribution < -0.4 is 5.32 Å². The van der Waals surface area contributed by atoms with Crippen molar-refractivity contribution in [3.8, 4) is 0 Å². The monoisotopic (exact) mass is 561 g/mol. The van der Waals surface area contributed by atoms with Gasteiger partial charge < -0.3 is 29.4 Å². The molecule has 2 saturated heterocycles. The van der Waals surface area contributed by atoms with Gasteiger partial charge in [-0.25, -0.2) is 0 Å². The number of hydrogen-bond acceptors (Lipinski definition) is 6. The van der Waals surface area contributed by atoms with Gasteiger partial charge in [-0.3, -0.25) is 0 Å². The van der Waals surface area contributed by atoms with E-state index in [1.165, 1.54) is 57.8 Å². The molecule has 6 heteroatoms. The van der Waals surface area contributed by atoms with Crippen molar-refractivity contribution in [3.63, 3.8) is 0 Å². The standard InChI is InChI=1S/C34H57NO5.H2/c1-7-37-29(31(4,5)36)24-10-8-22-25(39-24)18-23-21-9-11-26-30(2,3)27(40-28-19-35-16-17-38-28)12-13-34(26)20-33(21,34)15-14-32(22,23)6;/h21-29,35-36H,7-20H2,1-6H3;1H/t21?,22?,23?,24?,25?,26?,27-,28?,29-,32+,33-,34?;/m0./s1. The number of nitrogens with one attached hydrogen (secondary N) is 1.